The Labute approximate surface area is 254 Å². The third-order valence-corrected chi connectivity index (χ3v) is 7.81. The van der Waals surface area contributed by atoms with Crippen molar-refractivity contribution in [3.05, 3.63) is 51.9 Å². The second-order valence-corrected chi connectivity index (χ2v) is 10.6. The number of azide groups is 1. The number of carbonyl (C=O) groups is 3. The summed E-state index contributed by atoms with van der Waals surface area (Å²) in [5, 5.41) is 29.6. The number of hydrogen-bond acceptors (Lipinski definition) is 11. The fraction of sp³-hybridized carbons (Fsp3) is 0.462. The maximum atomic E-state index is 12.7. The number of carbonyl (C=O) groups excluding carboxylic acids is 2. The summed E-state index contributed by atoms with van der Waals surface area (Å²) in [6.07, 6.45) is -0.263. The highest BCUT2D eigenvalue weighted by molar-refractivity contribution is 6.30. The molecule has 0 radical (unpaired) electrons. The van der Waals surface area contributed by atoms with Gasteiger partial charge in [-0.25, -0.2) is 15.0 Å². The van der Waals surface area contributed by atoms with Crippen molar-refractivity contribution in [1.29, 1.82) is 0 Å². The van der Waals surface area contributed by atoms with Gasteiger partial charge in [-0.3, -0.25) is 19.0 Å². The summed E-state index contributed by atoms with van der Waals surface area (Å²) in [5.74, 6) is -1.36. The lowest BCUT2D eigenvalue weighted by atomic mass is 9.97. The average molecular weight is 629 g/mol. The van der Waals surface area contributed by atoms with Crippen LogP contribution in [0.25, 0.3) is 21.6 Å². The zero-order valence-electron chi connectivity index (χ0n) is 23.4. The predicted molar refractivity (Wildman–Crippen MR) is 153 cm³/mol. The second-order valence-electron chi connectivity index (χ2n) is 10.2. The molecule has 5 rings (SSSR count). The van der Waals surface area contributed by atoms with Gasteiger partial charge in [-0.2, -0.15) is 0 Å². The molecule has 4 heterocycles. The molecule has 2 aliphatic heterocycles. The Bertz CT molecular complexity index is 1600. The highest BCUT2D eigenvalue weighted by atomic mass is 35.5. The fourth-order valence-electron chi connectivity index (χ4n) is 5.22. The number of aliphatic carboxylic acids is 1. The number of carboxylic acid groups (broad SMARTS) is 1. The summed E-state index contributed by atoms with van der Waals surface area (Å²) >= 11 is 6.24. The summed E-state index contributed by atoms with van der Waals surface area (Å²) in [6, 6.07) is 3.79. The first-order chi connectivity index (χ1) is 21.2. The van der Waals surface area contributed by atoms with E-state index in [2.05, 4.69) is 35.6 Å². The first-order valence-corrected chi connectivity index (χ1v) is 14.0. The zero-order chi connectivity index (χ0) is 31.4. The Morgan fingerprint density at radius 1 is 1.25 bits per heavy atom. The van der Waals surface area contributed by atoms with Gasteiger partial charge in [0.05, 0.1) is 12.2 Å². The molecule has 4 N–H and O–H groups in total. The molecule has 2 aliphatic rings. The number of aliphatic hydroxyl groups excluding tert-OH is 1. The van der Waals surface area contributed by atoms with Crippen molar-refractivity contribution in [2.24, 2.45) is 11.0 Å². The lowest BCUT2D eigenvalue weighted by Gasteiger charge is -2.30. The number of rotatable bonds is 10. The van der Waals surface area contributed by atoms with E-state index in [-0.39, 0.29) is 24.7 Å². The predicted octanol–water partition coefficient (Wildman–Crippen LogP) is 1.48. The summed E-state index contributed by atoms with van der Waals surface area (Å²) in [6.45, 7) is 0.650. The minimum atomic E-state index is -1.37. The van der Waals surface area contributed by atoms with Gasteiger partial charge in [0, 0.05) is 42.2 Å². The van der Waals surface area contributed by atoms with Crippen molar-refractivity contribution < 1.29 is 34.1 Å². The Morgan fingerprint density at radius 3 is 2.73 bits per heavy atom. The Balaban J connectivity index is 1.29. The Hall–Kier alpha value is -4.70. The van der Waals surface area contributed by atoms with E-state index in [4.69, 9.17) is 26.6 Å². The largest absolute Gasteiger partial charge is 0.483 e. The first kappa shape index (κ1) is 30.7. The normalized spacial score (nSPS) is 21.9. The van der Waals surface area contributed by atoms with Crippen molar-refractivity contribution in [2.45, 2.75) is 43.9 Å². The summed E-state index contributed by atoms with van der Waals surface area (Å²) in [5.41, 5.74) is 10.2. The molecule has 0 saturated carbocycles. The van der Waals surface area contributed by atoms with Gasteiger partial charge >= 0.3 is 5.97 Å². The molecule has 1 aromatic carbocycles. The Morgan fingerprint density at radius 2 is 2.02 bits per heavy atom. The number of carboxylic acids is 1. The third-order valence-electron chi connectivity index (χ3n) is 7.58. The quantitative estimate of drug-likeness (QED) is 0.143. The number of likely N-dealkylation sites (tertiary alicyclic amines) is 1. The fourth-order valence-corrected chi connectivity index (χ4v) is 5.41. The SMILES string of the molecule is CNC(=O)[C@H]1O[C@@H](n2cnc3c(NCc4cc(Cl)ccc4OCC(=O)N4CCC(C(=O)O)CC4)ncnc32)[C@H](O)[C@@H]1N=[N+]=[N-]. The zero-order valence-corrected chi connectivity index (χ0v) is 24.2. The number of benzene rings is 1. The minimum Gasteiger partial charge on any atom is -0.483 e. The molecule has 0 spiro atoms. The summed E-state index contributed by atoms with van der Waals surface area (Å²) < 4.78 is 13.0. The molecule has 232 valence electrons. The molecule has 18 heteroatoms. The van der Waals surface area contributed by atoms with Gasteiger partial charge in [0.2, 0.25) is 5.91 Å². The van der Waals surface area contributed by atoms with E-state index >= 15 is 0 Å². The number of nitrogens with zero attached hydrogens (tertiary/aromatic N) is 8. The van der Waals surface area contributed by atoms with Crippen LogP contribution in [-0.4, -0.2) is 97.4 Å². The van der Waals surface area contributed by atoms with Crippen LogP contribution in [0, 0.1) is 5.92 Å². The van der Waals surface area contributed by atoms with Gasteiger partial charge in [-0.05, 0) is 36.6 Å². The molecule has 2 fully saturated rings. The summed E-state index contributed by atoms with van der Waals surface area (Å²) in [7, 11) is 1.40. The highest BCUT2D eigenvalue weighted by Crippen LogP contribution is 2.34. The lowest BCUT2D eigenvalue weighted by molar-refractivity contribution is -0.146. The molecule has 17 nitrogen and oxygen atoms in total. The smallest absolute Gasteiger partial charge is 0.306 e. The van der Waals surface area contributed by atoms with Gasteiger partial charge in [0.15, 0.2) is 29.8 Å². The van der Waals surface area contributed by atoms with E-state index < -0.39 is 42.3 Å². The molecule has 0 bridgehead atoms. The van der Waals surface area contributed by atoms with E-state index in [9.17, 15) is 24.6 Å². The van der Waals surface area contributed by atoms with Gasteiger partial charge in [-0.1, -0.05) is 16.7 Å². The number of likely N-dealkylation sites (N-methyl/N-ethyl adjacent to an activating group) is 1. The van der Waals surface area contributed by atoms with Crippen molar-refractivity contribution in [3.63, 3.8) is 0 Å². The Kier molecular flexibility index (Phi) is 9.29. The van der Waals surface area contributed by atoms with Gasteiger partial charge in [0.1, 0.15) is 30.3 Å². The van der Waals surface area contributed by atoms with Crippen molar-refractivity contribution >= 4 is 46.4 Å². The van der Waals surface area contributed by atoms with Crippen LogP contribution in [0.4, 0.5) is 5.82 Å². The highest BCUT2D eigenvalue weighted by Gasteiger charge is 2.48. The van der Waals surface area contributed by atoms with Crippen LogP contribution >= 0.6 is 11.6 Å². The van der Waals surface area contributed by atoms with Crippen LogP contribution in [-0.2, 0) is 25.7 Å². The van der Waals surface area contributed by atoms with E-state index in [0.717, 1.165) is 0 Å². The molecule has 2 aromatic heterocycles. The van der Waals surface area contributed by atoms with Crippen molar-refractivity contribution in [2.75, 3.05) is 32.1 Å². The molecular weight excluding hydrogens is 600 g/mol. The van der Waals surface area contributed by atoms with Gasteiger partial charge < -0.3 is 35.2 Å². The van der Waals surface area contributed by atoms with E-state index in [1.165, 1.54) is 24.3 Å². The number of piperidine rings is 1. The van der Waals surface area contributed by atoms with Gasteiger partial charge in [0.25, 0.3) is 5.91 Å². The van der Waals surface area contributed by atoms with Crippen molar-refractivity contribution in [3.8, 4) is 5.75 Å². The number of fused-ring (bicyclic) bond motifs is 1. The second kappa shape index (κ2) is 13.3. The number of hydrogen-bond donors (Lipinski definition) is 4. The molecule has 0 unspecified atom stereocenters. The number of anilines is 1. The van der Waals surface area contributed by atoms with E-state index in [1.807, 2.05) is 0 Å². The third kappa shape index (κ3) is 6.30. The number of aliphatic hydroxyl groups is 1. The number of aromatic nitrogens is 4. The van der Waals surface area contributed by atoms with Crippen LogP contribution in [0.2, 0.25) is 5.02 Å². The number of amides is 2. The molecule has 0 aliphatic carbocycles. The van der Waals surface area contributed by atoms with E-state index in [1.54, 1.807) is 23.1 Å². The summed E-state index contributed by atoms with van der Waals surface area (Å²) in [4.78, 5) is 53.5. The van der Waals surface area contributed by atoms with Gasteiger partial charge in [-0.15, -0.1) is 0 Å². The topological polar surface area (TPSA) is 230 Å². The molecule has 2 saturated heterocycles. The lowest BCUT2D eigenvalue weighted by Crippen LogP contribution is -2.42. The number of halogens is 1. The number of imidazole rings is 1. The van der Waals surface area contributed by atoms with Crippen LogP contribution in [0.5, 0.6) is 5.75 Å². The maximum absolute atomic E-state index is 12.7. The molecule has 2 amide bonds. The number of ether oxygens (including phenoxy) is 2. The maximum Gasteiger partial charge on any atom is 0.306 e. The van der Waals surface area contributed by atoms with Crippen LogP contribution < -0.4 is 15.4 Å². The van der Waals surface area contributed by atoms with Crippen LogP contribution in [0.15, 0.2) is 36.0 Å². The van der Waals surface area contributed by atoms with Crippen molar-refractivity contribution in [1.82, 2.24) is 29.7 Å². The number of nitrogens with one attached hydrogen (secondary N) is 2. The first-order valence-electron chi connectivity index (χ1n) is 13.6. The molecule has 44 heavy (non-hydrogen) atoms. The monoisotopic (exact) mass is 628 g/mol. The molecular formula is C26H29ClN10O7. The van der Waals surface area contributed by atoms with Crippen LogP contribution in [0.1, 0.15) is 24.6 Å². The standard InChI is InChI=1S/C26H29ClN10O7/c1-29-24(40)21-18(34-35-28)20(39)25(44-21)37-12-33-19-22(31-11-32-23(19)37)30-9-14-8-15(27)2-3-16(14)43-10-17(38)36-6-4-13(5-7-36)26(41)42/h2-3,8,11-13,18,20-21,25,39H,4-7,9-10H2,1H3,(H,29,40)(H,41,42)(H,30,31,32)/t18-,20+,21-,25+/m0/s1. The molecule has 3 aromatic rings. The molecule has 4 atom stereocenters. The average Bonchev–Trinajstić information content (AvgIpc) is 3.60. The van der Waals surface area contributed by atoms with Crippen LogP contribution in [0.3, 0.4) is 0 Å². The van der Waals surface area contributed by atoms with E-state index in [0.29, 0.717) is 53.6 Å². The minimum absolute atomic E-state index is 0.174.